The van der Waals surface area contributed by atoms with E-state index in [-0.39, 0.29) is 6.42 Å². The molecule has 9 N–H and O–H groups in total. The molecule has 0 aliphatic heterocycles. The van der Waals surface area contributed by atoms with Crippen molar-refractivity contribution in [3.8, 4) is 0 Å². The number of aliphatic hydroxyl groups excluding tert-OH is 1. The van der Waals surface area contributed by atoms with Crippen LogP contribution in [-0.2, 0) is 30.4 Å². The molecule has 2 rings (SSSR count). The average Bonchev–Trinajstić information content (AvgIpc) is 3.21. The van der Waals surface area contributed by atoms with Crippen LogP contribution in [0.25, 0.3) is 10.9 Å². The Kier molecular flexibility index (Phi) is 10.1. The molecule has 202 valence electrons. The molecular weight excluding hydrogens is 486 g/mol. The number of carbonyl (C=O) groups is 5. The van der Waals surface area contributed by atoms with Crippen LogP contribution in [-0.4, -0.2) is 80.2 Å². The predicted octanol–water partition coefficient (Wildman–Crippen LogP) is -0.912. The number of hydrogen-bond acceptors (Lipinski definition) is 7. The van der Waals surface area contributed by atoms with E-state index in [1.807, 2.05) is 12.1 Å². The van der Waals surface area contributed by atoms with Gasteiger partial charge in [-0.3, -0.25) is 19.2 Å². The lowest BCUT2D eigenvalue weighted by Gasteiger charge is -2.27. The van der Waals surface area contributed by atoms with Crippen molar-refractivity contribution in [1.29, 1.82) is 0 Å². The van der Waals surface area contributed by atoms with Crippen LogP contribution in [0, 0.1) is 5.92 Å². The highest BCUT2D eigenvalue weighted by atomic mass is 16.4. The van der Waals surface area contributed by atoms with E-state index in [0.29, 0.717) is 5.56 Å². The number of para-hydroxylation sites is 1. The second kappa shape index (κ2) is 12.8. The minimum absolute atomic E-state index is 0.0563. The molecule has 0 aliphatic rings. The van der Waals surface area contributed by atoms with Gasteiger partial charge in [0.25, 0.3) is 0 Å². The fourth-order valence-electron chi connectivity index (χ4n) is 3.70. The van der Waals surface area contributed by atoms with Gasteiger partial charge in [0.2, 0.25) is 17.7 Å². The van der Waals surface area contributed by atoms with Gasteiger partial charge >= 0.3 is 11.9 Å². The van der Waals surface area contributed by atoms with Gasteiger partial charge < -0.3 is 42.0 Å². The first kappa shape index (κ1) is 29.3. The maximum absolute atomic E-state index is 13.3. The summed E-state index contributed by atoms with van der Waals surface area (Å²) >= 11 is 0. The third kappa shape index (κ3) is 8.02. The van der Waals surface area contributed by atoms with Crippen molar-refractivity contribution < 1.29 is 39.3 Å². The van der Waals surface area contributed by atoms with Crippen molar-refractivity contribution in [2.24, 2.45) is 11.7 Å². The summed E-state index contributed by atoms with van der Waals surface area (Å²) in [6.45, 7) is 4.41. The highest BCUT2D eigenvalue weighted by Crippen LogP contribution is 2.19. The number of amides is 3. The van der Waals surface area contributed by atoms with Crippen molar-refractivity contribution in [3.05, 3.63) is 36.0 Å². The van der Waals surface area contributed by atoms with Gasteiger partial charge in [-0.25, -0.2) is 4.79 Å². The van der Waals surface area contributed by atoms with E-state index in [9.17, 15) is 34.2 Å². The number of nitrogens with one attached hydrogen (secondary N) is 4. The van der Waals surface area contributed by atoms with Crippen molar-refractivity contribution in [3.63, 3.8) is 0 Å². The fourth-order valence-corrected chi connectivity index (χ4v) is 3.70. The summed E-state index contributed by atoms with van der Waals surface area (Å²) < 4.78 is 0. The highest BCUT2D eigenvalue weighted by molar-refractivity contribution is 5.95. The molecule has 0 aliphatic carbocycles. The van der Waals surface area contributed by atoms with E-state index in [4.69, 9.17) is 10.8 Å². The number of aliphatic carboxylic acids is 2. The predicted molar refractivity (Wildman–Crippen MR) is 132 cm³/mol. The lowest BCUT2D eigenvalue weighted by atomic mass is 10.0. The summed E-state index contributed by atoms with van der Waals surface area (Å²) in [5.74, 6) is -5.74. The van der Waals surface area contributed by atoms with Crippen molar-refractivity contribution in [2.75, 3.05) is 0 Å². The van der Waals surface area contributed by atoms with E-state index in [1.165, 1.54) is 6.92 Å². The van der Waals surface area contributed by atoms with E-state index in [0.717, 1.165) is 10.9 Å². The SMILES string of the molecule is CC(C)C(NC(=O)C(NC(=O)C(Cc1c[nH]c2ccccc12)NC(=O)C(N)CC(=O)O)C(C)O)C(=O)O. The Morgan fingerprint density at radius 1 is 0.919 bits per heavy atom. The Morgan fingerprint density at radius 2 is 1.54 bits per heavy atom. The zero-order valence-corrected chi connectivity index (χ0v) is 20.7. The van der Waals surface area contributed by atoms with Crippen molar-refractivity contribution in [1.82, 2.24) is 20.9 Å². The molecule has 5 unspecified atom stereocenters. The van der Waals surface area contributed by atoms with Crippen molar-refractivity contribution in [2.45, 2.75) is 63.9 Å². The molecule has 13 nitrogen and oxygen atoms in total. The lowest BCUT2D eigenvalue weighted by Crippen LogP contribution is -2.60. The molecule has 0 fully saturated rings. The zero-order chi connectivity index (χ0) is 27.9. The normalized spacial score (nSPS) is 15.3. The maximum atomic E-state index is 13.3. The van der Waals surface area contributed by atoms with E-state index in [2.05, 4.69) is 20.9 Å². The first-order valence-electron chi connectivity index (χ1n) is 11.7. The molecule has 37 heavy (non-hydrogen) atoms. The molecule has 1 heterocycles. The van der Waals surface area contributed by atoms with Gasteiger partial charge in [-0.2, -0.15) is 0 Å². The second-order valence-corrected chi connectivity index (χ2v) is 9.12. The van der Waals surface area contributed by atoms with Crippen LogP contribution in [0.4, 0.5) is 0 Å². The number of carboxylic acid groups (broad SMARTS) is 2. The molecule has 5 atom stereocenters. The average molecular weight is 520 g/mol. The molecule has 0 saturated heterocycles. The van der Waals surface area contributed by atoms with Gasteiger partial charge in [-0.1, -0.05) is 32.0 Å². The second-order valence-electron chi connectivity index (χ2n) is 9.12. The molecule has 0 saturated carbocycles. The molecule has 13 heteroatoms. The van der Waals surface area contributed by atoms with Gasteiger partial charge in [-0.15, -0.1) is 0 Å². The topological polar surface area (TPSA) is 224 Å². The zero-order valence-electron chi connectivity index (χ0n) is 20.7. The van der Waals surface area contributed by atoms with Crippen LogP contribution in [0.2, 0.25) is 0 Å². The number of aromatic amines is 1. The number of carboxylic acids is 2. The molecule has 0 spiro atoms. The van der Waals surface area contributed by atoms with Gasteiger partial charge in [0.15, 0.2) is 0 Å². The number of aliphatic hydroxyl groups is 1. The smallest absolute Gasteiger partial charge is 0.326 e. The molecular formula is C24H33N5O8. The summed E-state index contributed by atoms with van der Waals surface area (Å²) in [7, 11) is 0. The van der Waals surface area contributed by atoms with Crippen LogP contribution in [0.15, 0.2) is 30.5 Å². The van der Waals surface area contributed by atoms with E-state index in [1.54, 1.807) is 32.2 Å². The molecule has 3 amide bonds. The number of carbonyl (C=O) groups excluding carboxylic acids is 3. The first-order chi connectivity index (χ1) is 17.3. The minimum Gasteiger partial charge on any atom is -0.481 e. The van der Waals surface area contributed by atoms with Crippen LogP contribution >= 0.6 is 0 Å². The Labute approximate surface area is 212 Å². The van der Waals surface area contributed by atoms with Crippen LogP contribution in [0.3, 0.4) is 0 Å². The van der Waals surface area contributed by atoms with Crippen LogP contribution in [0.5, 0.6) is 0 Å². The van der Waals surface area contributed by atoms with Gasteiger partial charge in [-0.05, 0) is 24.5 Å². The minimum atomic E-state index is -1.54. The largest absolute Gasteiger partial charge is 0.481 e. The van der Waals surface area contributed by atoms with Crippen LogP contribution < -0.4 is 21.7 Å². The number of rotatable bonds is 13. The van der Waals surface area contributed by atoms with Gasteiger partial charge in [0, 0.05) is 23.5 Å². The van der Waals surface area contributed by atoms with E-state index < -0.39 is 72.3 Å². The number of aromatic nitrogens is 1. The van der Waals surface area contributed by atoms with Gasteiger partial charge in [0.1, 0.15) is 18.1 Å². The van der Waals surface area contributed by atoms with Crippen LogP contribution in [0.1, 0.15) is 32.8 Å². The number of fused-ring (bicyclic) bond motifs is 1. The molecule has 0 radical (unpaired) electrons. The first-order valence-corrected chi connectivity index (χ1v) is 11.7. The number of hydrogen-bond donors (Lipinski definition) is 8. The Balaban J connectivity index is 2.30. The summed E-state index contributed by atoms with van der Waals surface area (Å²) in [4.78, 5) is 64.1. The Morgan fingerprint density at radius 3 is 2.11 bits per heavy atom. The van der Waals surface area contributed by atoms with E-state index >= 15 is 0 Å². The maximum Gasteiger partial charge on any atom is 0.326 e. The molecule has 2 aromatic rings. The number of H-pyrrole nitrogens is 1. The molecule has 0 bridgehead atoms. The lowest BCUT2D eigenvalue weighted by molar-refractivity contribution is -0.144. The summed E-state index contributed by atoms with van der Waals surface area (Å²) in [6.07, 6.45) is -0.492. The highest BCUT2D eigenvalue weighted by Gasteiger charge is 2.34. The fraction of sp³-hybridized carbons (Fsp3) is 0.458. The quantitative estimate of drug-likeness (QED) is 0.164. The Hall–Kier alpha value is -3.97. The standard InChI is InChI=1S/C24H33N5O8/c1-11(2)19(24(36)37)28-23(35)20(12(3)30)29-22(34)17(27-21(33)15(25)9-18(31)32)8-13-10-26-16-7-5-4-6-14(13)16/h4-7,10-12,15,17,19-20,26,30H,8-9,25H2,1-3H3,(H,27,33)(H,28,35)(H,29,34)(H,31,32)(H,36,37). The van der Waals surface area contributed by atoms with Gasteiger partial charge in [0.05, 0.1) is 18.6 Å². The molecule has 1 aromatic carbocycles. The number of benzene rings is 1. The third-order valence-corrected chi connectivity index (χ3v) is 5.76. The number of nitrogens with two attached hydrogens (primary N) is 1. The summed E-state index contributed by atoms with van der Waals surface area (Å²) in [5.41, 5.74) is 7.07. The van der Waals surface area contributed by atoms with Crippen molar-refractivity contribution >= 4 is 40.6 Å². The monoisotopic (exact) mass is 519 g/mol. The third-order valence-electron chi connectivity index (χ3n) is 5.76. The Bertz CT molecular complexity index is 1150. The molecule has 1 aromatic heterocycles. The summed E-state index contributed by atoms with van der Waals surface area (Å²) in [5, 5.41) is 36.3. The summed E-state index contributed by atoms with van der Waals surface area (Å²) in [6, 6.07) is 1.68.